The van der Waals surface area contributed by atoms with E-state index in [4.69, 9.17) is 11.6 Å². The Balaban J connectivity index is 2.02. The van der Waals surface area contributed by atoms with E-state index in [1.807, 2.05) is 55.5 Å². The molecule has 4 nitrogen and oxygen atoms in total. The number of carbonyl (C=O) groups is 2. The van der Waals surface area contributed by atoms with Crippen LogP contribution < -0.4 is 5.32 Å². The van der Waals surface area contributed by atoms with Gasteiger partial charge in [-0.05, 0) is 43.7 Å². The average molecular weight is 405 g/mol. The summed E-state index contributed by atoms with van der Waals surface area (Å²) in [6.07, 6.45) is 0.362. The minimum Gasteiger partial charge on any atom is -0.357 e. The lowest BCUT2D eigenvalue weighted by atomic mass is 10.1. The van der Waals surface area contributed by atoms with Crippen LogP contribution >= 0.6 is 23.4 Å². The highest BCUT2D eigenvalue weighted by Crippen LogP contribution is 2.22. The Morgan fingerprint density at radius 2 is 1.74 bits per heavy atom. The van der Waals surface area contributed by atoms with Gasteiger partial charge in [0.05, 0.1) is 0 Å². The molecule has 0 unspecified atom stereocenters. The number of rotatable bonds is 8. The Labute approximate surface area is 170 Å². The molecule has 0 saturated heterocycles. The van der Waals surface area contributed by atoms with Crippen LogP contribution in [0.3, 0.4) is 0 Å². The first-order chi connectivity index (χ1) is 12.9. The molecule has 0 heterocycles. The van der Waals surface area contributed by atoms with Gasteiger partial charge in [0.2, 0.25) is 11.8 Å². The minimum absolute atomic E-state index is 0.0341. The highest BCUT2D eigenvalue weighted by molar-refractivity contribution is 7.99. The first-order valence-electron chi connectivity index (χ1n) is 8.85. The first kappa shape index (κ1) is 21.3. The van der Waals surface area contributed by atoms with Crippen LogP contribution in [0.4, 0.5) is 0 Å². The highest BCUT2D eigenvalue weighted by atomic mass is 35.5. The third-order valence-corrected chi connectivity index (χ3v) is 5.55. The summed E-state index contributed by atoms with van der Waals surface area (Å²) in [6, 6.07) is 15.0. The Hall–Kier alpha value is -1.98. The van der Waals surface area contributed by atoms with Crippen molar-refractivity contribution >= 4 is 35.2 Å². The first-order valence-corrected chi connectivity index (χ1v) is 10.2. The maximum absolute atomic E-state index is 12.8. The van der Waals surface area contributed by atoms with E-state index >= 15 is 0 Å². The minimum atomic E-state index is -0.524. The summed E-state index contributed by atoms with van der Waals surface area (Å²) < 4.78 is 0. The number of hydrogen-bond donors (Lipinski definition) is 1. The SMILES string of the molecule is CNC(=O)[C@@H](C)N(Cc1ccc(C)cc1)C(=O)CCSc1ccc(Cl)cc1. The third-order valence-electron chi connectivity index (χ3n) is 4.29. The monoisotopic (exact) mass is 404 g/mol. The second-order valence-electron chi connectivity index (χ2n) is 6.35. The van der Waals surface area contributed by atoms with Gasteiger partial charge in [0.25, 0.3) is 0 Å². The third kappa shape index (κ3) is 6.60. The fourth-order valence-electron chi connectivity index (χ4n) is 2.61. The molecule has 144 valence electrons. The lowest BCUT2D eigenvalue weighted by molar-refractivity contribution is -0.140. The Bertz CT molecular complexity index is 763. The van der Waals surface area contributed by atoms with Crippen LogP contribution in [0.1, 0.15) is 24.5 Å². The average Bonchev–Trinajstić information content (AvgIpc) is 2.67. The lowest BCUT2D eigenvalue weighted by Gasteiger charge is -2.28. The number of amides is 2. The van der Waals surface area contributed by atoms with Gasteiger partial charge in [0, 0.05) is 35.7 Å². The van der Waals surface area contributed by atoms with E-state index < -0.39 is 6.04 Å². The smallest absolute Gasteiger partial charge is 0.242 e. The fourth-order valence-corrected chi connectivity index (χ4v) is 3.58. The molecule has 0 radical (unpaired) electrons. The van der Waals surface area contributed by atoms with Gasteiger partial charge in [-0.1, -0.05) is 41.4 Å². The standard InChI is InChI=1S/C21H25ClN2O2S/c1-15-4-6-17(7-5-15)14-24(16(2)21(26)23-3)20(25)12-13-27-19-10-8-18(22)9-11-19/h4-11,16H,12-14H2,1-3H3,(H,23,26)/t16-/m1/s1. The molecule has 2 aromatic carbocycles. The van der Waals surface area contributed by atoms with Crippen LogP contribution in [-0.2, 0) is 16.1 Å². The number of benzene rings is 2. The van der Waals surface area contributed by atoms with E-state index in [2.05, 4.69) is 5.32 Å². The van der Waals surface area contributed by atoms with E-state index in [1.165, 1.54) is 0 Å². The Morgan fingerprint density at radius 1 is 1.11 bits per heavy atom. The number of thioether (sulfide) groups is 1. The number of nitrogens with one attached hydrogen (secondary N) is 1. The lowest BCUT2D eigenvalue weighted by Crippen LogP contribution is -2.46. The second-order valence-corrected chi connectivity index (χ2v) is 7.95. The van der Waals surface area contributed by atoms with E-state index in [9.17, 15) is 9.59 Å². The van der Waals surface area contributed by atoms with Gasteiger partial charge in [-0.3, -0.25) is 9.59 Å². The molecule has 2 rings (SSSR count). The molecule has 0 bridgehead atoms. The Morgan fingerprint density at radius 3 is 2.33 bits per heavy atom. The molecule has 0 aliphatic carbocycles. The van der Waals surface area contributed by atoms with Crippen molar-refractivity contribution in [2.24, 2.45) is 0 Å². The Kier molecular flexibility index (Phi) is 8.20. The summed E-state index contributed by atoms with van der Waals surface area (Å²) in [7, 11) is 1.59. The zero-order valence-corrected chi connectivity index (χ0v) is 17.4. The molecule has 0 aliphatic heterocycles. The van der Waals surface area contributed by atoms with E-state index in [0.717, 1.165) is 16.0 Å². The molecule has 2 aromatic rings. The molecule has 1 atom stereocenters. The number of carbonyl (C=O) groups excluding carboxylic acids is 2. The highest BCUT2D eigenvalue weighted by Gasteiger charge is 2.25. The van der Waals surface area contributed by atoms with E-state index in [-0.39, 0.29) is 11.8 Å². The summed E-state index contributed by atoms with van der Waals surface area (Å²) in [6.45, 7) is 4.20. The maximum Gasteiger partial charge on any atom is 0.242 e. The molecular formula is C21H25ClN2O2S. The van der Waals surface area contributed by atoms with Crippen LogP contribution in [0.25, 0.3) is 0 Å². The summed E-state index contributed by atoms with van der Waals surface area (Å²) in [5.41, 5.74) is 2.17. The number of nitrogens with zero attached hydrogens (tertiary/aromatic N) is 1. The van der Waals surface area contributed by atoms with Crippen LogP contribution in [0.15, 0.2) is 53.4 Å². The molecule has 2 amide bonds. The largest absolute Gasteiger partial charge is 0.357 e. The zero-order chi connectivity index (χ0) is 19.8. The van der Waals surface area contributed by atoms with Crippen molar-refractivity contribution in [1.82, 2.24) is 10.2 Å². The van der Waals surface area contributed by atoms with Gasteiger partial charge in [-0.15, -0.1) is 11.8 Å². The quantitative estimate of drug-likeness (QED) is 0.667. The van der Waals surface area contributed by atoms with Crippen molar-refractivity contribution < 1.29 is 9.59 Å². The number of hydrogen-bond acceptors (Lipinski definition) is 3. The van der Waals surface area contributed by atoms with Crippen LogP contribution in [0, 0.1) is 6.92 Å². The van der Waals surface area contributed by atoms with Gasteiger partial charge in [0.1, 0.15) is 6.04 Å². The van der Waals surface area contributed by atoms with Crippen molar-refractivity contribution in [3.8, 4) is 0 Å². The molecular weight excluding hydrogens is 380 g/mol. The van der Waals surface area contributed by atoms with Crippen molar-refractivity contribution in [2.45, 2.75) is 37.8 Å². The molecule has 0 fully saturated rings. The van der Waals surface area contributed by atoms with Gasteiger partial charge < -0.3 is 10.2 Å². The summed E-state index contributed by atoms with van der Waals surface area (Å²) in [5, 5.41) is 3.33. The van der Waals surface area contributed by atoms with Crippen molar-refractivity contribution in [3.63, 3.8) is 0 Å². The van der Waals surface area contributed by atoms with E-state index in [0.29, 0.717) is 23.7 Å². The summed E-state index contributed by atoms with van der Waals surface area (Å²) in [5.74, 6) is 0.444. The predicted molar refractivity (Wildman–Crippen MR) is 112 cm³/mol. The van der Waals surface area contributed by atoms with Crippen LogP contribution in [0.2, 0.25) is 5.02 Å². The van der Waals surface area contributed by atoms with Crippen molar-refractivity contribution in [3.05, 3.63) is 64.7 Å². The van der Waals surface area contributed by atoms with E-state index in [1.54, 1.807) is 30.6 Å². The molecule has 6 heteroatoms. The van der Waals surface area contributed by atoms with Gasteiger partial charge >= 0.3 is 0 Å². The number of likely N-dealkylation sites (N-methyl/N-ethyl adjacent to an activating group) is 1. The number of halogens is 1. The second kappa shape index (κ2) is 10.4. The zero-order valence-electron chi connectivity index (χ0n) is 15.9. The normalized spacial score (nSPS) is 11.7. The van der Waals surface area contributed by atoms with Gasteiger partial charge in [0.15, 0.2) is 0 Å². The van der Waals surface area contributed by atoms with Crippen LogP contribution in [0.5, 0.6) is 0 Å². The fraction of sp³-hybridized carbons (Fsp3) is 0.333. The van der Waals surface area contributed by atoms with Gasteiger partial charge in [-0.25, -0.2) is 0 Å². The van der Waals surface area contributed by atoms with Crippen molar-refractivity contribution in [2.75, 3.05) is 12.8 Å². The summed E-state index contributed by atoms with van der Waals surface area (Å²) in [4.78, 5) is 27.6. The maximum atomic E-state index is 12.8. The molecule has 27 heavy (non-hydrogen) atoms. The molecule has 0 aliphatic rings. The molecule has 1 N–H and O–H groups in total. The molecule has 0 aromatic heterocycles. The summed E-state index contributed by atoms with van der Waals surface area (Å²) >= 11 is 7.50. The predicted octanol–water partition coefficient (Wildman–Crippen LogP) is 4.29. The van der Waals surface area contributed by atoms with Crippen LogP contribution in [-0.4, -0.2) is 35.6 Å². The van der Waals surface area contributed by atoms with Gasteiger partial charge in [-0.2, -0.15) is 0 Å². The topological polar surface area (TPSA) is 49.4 Å². The molecule has 0 spiro atoms. The van der Waals surface area contributed by atoms with Crippen molar-refractivity contribution in [1.29, 1.82) is 0 Å². The number of aryl methyl sites for hydroxylation is 1. The molecule has 0 saturated carbocycles.